The number of amides is 7. The summed E-state index contributed by atoms with van der Waals surface area (Å²) in [5.41, 5.74) is 8.43. The van der Waals surface area contributed by atoms with Gasteiger partial charge in [-0.25, -0.2) is 0 Å². The van der Waals surface area contributed by atoms with E-state index in [-0.39, 0.29) is 97.0 Å². The summed E-state index contributed by atoms with van der Waals surface area (Å²) in [7, 11) is 3.70. The molecule has 4 atom stereocenters. The number of Topliss-reactive ketones (excluding diaryl/α,β-unsaturated/α-hetero) is 1. The molecule has 0 aliphatic carbocycles. The zero-order valence-corrected chi connectivity index (χ0v) is 64.3. The Bertz CT molecular complexity index is 3960. The van der Waals surface area contributed by atoms with E-state index in [9.17, 15) is 38.4 Å². The number of piperazine rings is 1. The molecule has 29 nitrogen and oxygen atoms in total. The van der Waals surface area contributed by atoms with E-state index in [1.165, 1.54) is 17.8 Å². The number of aliphatic imine (C=N–C) groups is 2. The molecule has 4 aromatic carbocycles. The van der Waals surface area contributed by atoms with Gasteiger partial charge in [-0.3, -0.25) is 57.9 Å². The van der Waals surface area contributed by atoms with Crippen LogP contribution in [0.5, 0.6) is 17.2 Å². The summed E-state index contributed by atoms with van der Waals surface area (Å²) >= 11 is 0. The Kier molecular flexibility index (Phi) is 33.7. The van der Waals surface area contributed by atoms with Gasteiger partial charge >= 0.3 is 0 Å². The highest BCUT2D eigenvalue weighted by Gasteiger charge is 2.36. The van der Waals surface area contributed by atoms with Crippen molar-refractivity contribution in [3.05, 3.63) is 125 Å². The largest absolute Gasteiger partial charge is 0.493 e. The monoisotopic (exact) mass is 1540 g/mol. The van der Waals surface area contributed by atoms with Crippen LogP contribution < -0.4 is 35.1 Å². The molecule has 111 heavy (non-hydrogen) atoms. The number of rotatable bonds is 47. The number of likely N-dealkylation sites (N-methyl/N-ethyl adjacent to an activating group) is 1. The van der Waals surface area contributed by atoms with E-state index in [1.807, 2.05) is 57.6 Å². The van der Waals surface area contributed by atoms with Gasteiger partial charge in [-0.1, -0.05) is 45.0 Å². The van der Waals surface area contributed by atoms with Crippen molar-refractivity contribution in [3.8, 4) is 17.2 Å². The summed E-state index contributed by atoms with van der Waals surface area (Å²) in [6.07, 6.45) is 11.5. The quantitative estimate of drug-likeness (QED) is 0.0288. The molecule has 30 heteroatoms. The van der Waals surface area contributed by atoms with Crippen LogP contribution in [0.4, 0.5) is 27.5 Å². The average molecular weight is 1540 g/mol. The van der Waals surface area contributed by atoms with E-state index in [1.54, 1.807) is 60.4 Å². The Labute approximate surface area is 647 Å². The smallest absolute Gasteiger partial charge is 0.260 e. The molecule has 6 aliphatic rings. The first-order chi connectivity index (χ1) is 53.4. The number of imide groups is 1. The van der Waals surface area contributed by atoms with E-state index in [0.717, 1.165) is 58.9 Å². The Morgan fingerprint density at radius 1 is 0.550 bits per heavy atom. The van der Waals surface area contributed by atoms with Crippen molar-refractivity contribution in [1.82, 2.24) is 30.2 Å². The molecule has 10 rings (SSSR count). The Morgan fingerprint density at radius 2 is 1.03 bits per heavy atom. The molecule has 0 radical (unpaired) electrons. The second-order valence-corrected chi connectivity index (χ2v) is 27.7. The lowest BCUT2D eigenvalue weighted by Gasteiger charge is -2.34. The van der Waals surface area contributed by atoms with Crippen molar-refractivity contribution in [3.63, 3.8) is 0 Å². The first-order valence-corrected chi connectivity index (χ1v) is 37.9. The summed E-state index contributed by atoms with van der Waals surface area (Å²) in [6.45, 7) is 18.0. The van der Waals surface area contributed by atoms with Crippen LogP contribution in [0.25, 0.3) is 11.1 Å². The molecule has 0 aromatic heterocycles. The Hall–Kier alpha value is -9.63. The standard InChI is InChI=1S/C81H104N10O19.FH/c1-55(2)78(86-75(94)19-28-101-30-32-103-34-36-105-38-40-107-42-43-108-41-39-106-37-35-104-33-31-102-29-20-82-74(93)18-21-89-76(95)16-17-77(89)96)70(92)45-57(4)79(97)85-62-12-8-58(9-13-62)60-46-64-51-83-68-49-71(56(3)44-66(68)80(98)90(64)53-60)109-26-7-27-110-73-50-69-67(48-72(73)100-6)81(99)91-54-61(47-65(91)52-84-69)59-10-14-63(15-11-59)88-24-22-87(5)23-25-88;/h8-17,44,48-55,57,64-65,78H,7,18-43,45-47H2,1-6H3,(H,82,93)(H,85,97)(H,86,94);1H/t57-,64+,65+,78+;/m1./s1. The highest BCUT2D eigenvalue weighted by atomic mass is 19.0. The lowest BCUT2D eigenvalue weighted by Crippen LogP contribution is -2.45. The highest BCUT2D eigenvalue weighted by molar-refractivity contribution is 6.13. The fraction of sp³-hybridized carbons (Fsp3) is 0.506. The van der Waals surface area contributed by atoms with Crippen LogP contribution in [0.15, 0.2) is 107 Å². The molecule has 6 heterocycles. The molecule has 1 saturated heterocycles. The van der Waals surface area contributed by atoms with E-state index in [2.05, 4.69) is 57.1 Å². The van der Waals surface area contributed by atoms with E-state index < -0.39 is 23.8 Å². The van der Waals surface area contributed by atoms with Gasteiger partial charge < -0.3 is 87.7 Å². The molecule has 7 amide bonds. The van der Waals surface area contributed by atoms with Crippen LogP contribution in [0.1, 0.15) is 96.7 Å². The predicted molar refractivity (Wildman–Crippen MR) is 415 cm³/mol. The molecule has 1 fully saturated rings. The van der Waals surface area contributed by atoms with Gasteiger partial charge in [0.05, 0.1) is 167 Å². The number of aryl methyl sites for hydroxylation is 1. The van der Waals surface area contributed by atoms with Crippen LogP contribution in [-0.2, 0) is 66.7 Å². The molecule has 0 spiro atoms. The number of hydrogen-bond donors (Lipinski definition) is 3. The molecule has 3 N–H and O–H groups in total. The molecule has 4 aromatic rings. The summed E-state index contributed by atoms with van der Waals surface area (Å²) in [5.74, 6) is -1.77. The van der Waals surface area contributed by atoms with Crippen LogP contribution >= 0.6 is 0 Å². The maximum Gasteiger partial charge on any atom is 0.260 e. The summed E-state index contributed by atoms with van der Waals surface area (Å²) in [4.78, 5) is 122. The average Bonchev–Trinajstić information content (AvgIpc) is 1.64. The lowest BCUT2D eigenvalue weighted by molar-refractivity contribution is -0.137. The topological polar surface area (TPSA) is 315 Å². The normalized spacial score (nSPS) is 17.0. The number of fused-ring (bicyclic) bond motifs is 4. The number of carbonyl (C=O) groups is 8. The number of ketones is 1. The van der Waals surface area contributed by atoms with Crippen molar-refractivity contribution in [2.75, 3.05) is 183 Å². The minimum atomic E-state index is -0.785. The van der Waals surface area contributed by atoms with Crippen molar-refractivity contribution in [1.29, 1.82) is 0 Å². The van der Waals surface area contributed by atoms with Gasteiger partial charge in [0.15, 0.2) is 17.3 Å². The van der Waals surface area contributed by atoms with Crippen LogP contribution in [0.2, 0.25) is 0 Å². The maximum atomic E-state index is 14.2. The van der Waals surface area contributed by atoms with Gasteiger partial charge in [-0.2, -0.15) is 0 Å². The summed E-state index contributed by atoms with van der Waals surface area (Å²) < 4.78 is 62.4. The predicted octanol–water partition coefficient (Wildman–Crippen LogP) is 7.33. The molecule has 0 unspecified atom stereocenters. The fourth-order valence-electron chi connectivity index (χ4n) is 13.0. The van der Waals surface area contributed by atoms with E-state index in [0.29, 0.717) is 177 Å². The third-order valence-electron chi connectivity index (χ3n) is 19.3. The molecule has 0 saturated carbocycles. The number of hydrogen-bond acceptors (Lipinski definition) is 23. The first-order valence-electron chi connectivity index (χ1n) is 37.9. The third kappa shape index (κ3) is 25.2. The zero-order valence-electron chi connectivity index (χ0n) is 64.3. The van der Waals surface area contributed by atoms with Crippen molar-refractivity contribution < 1.29 is 95.2 Å². The minimum Gasteiger partial charge on any atom is -0.493 e. The van der Waals surface area contributed by atoms with Crippen molar-refractivity contribution in [2.24, 2.45) is 21.8 Å². The van der Waals surface area contributed by atoms with Crippen LogP contribution in [0, 0.1) is 18.8 Å². The van der Waals surface area contributed by atoms with Gasteiger partial charge in [-0.15, -0.1) is 0 Å². The van der Waals surface area contributed by atoms with Crippen LogP contribution in [0.3, 0.4) is 0 Å². The number of ether oxygens (including phenoxy) is 11. The summed E-state index contributed by atoms with van der Waals surface area (Å²) in [5, 5.41) is 8.44. The Balaban J connectivity index is 0.0000142. The van der Waals surface area contributed by atoms with Crippen LogP contribution in [-0.4, -0.2) is 270 Å². The number of carbonyl (C=O) groups excluding carboxylic acids is 8. The van der Waals surface area contributed by atoms with Gasteiger partial charge in [-0.05, 0) is 84.1 Å². The molecule has 600 valence electrons. The number of anilines is 2. The zero-order chi connectivity index (χ0) is 77.7. The van der Waals surface area contributed by atoms with Gasteiger partial charge in [0, 0.05) is 144 Å². The first kappa shape index (κ1) is 85.4. The van der Waals surface area contributed by atoms with Crippen molar-refractivity contribution in [2.45, 2.75) is 84.3 Å². The highest BCUT2D eigenvalue weighted by Crippen LogP contribution is 2.41. The minimum absolute atomic E-state index is 0. The van der Waals surface area contributed by atoms with Gasteiger partial charge in [0.1, 0.15) is 5.75 Å². The number of nitrogens with one attached hydrogen (secondary N) is 3. The number of nitrogens with zero attached hydrogens (tertiary/aromatic N) is 7. The van der Waals surface area contributed by atoms with E-state index >= 15 is 0 Å². The van der Waals surface area contributed by atoms with Gasteiger partial charge in [0.25, 0.3) is 23.6 Å². The molecular weight excluding hydrogens is 1440 g/mol. The number of methoxy groups -OCH3 is 1. The number of benzene rings is 4. The van der Waals surface area contributed by atoms with E-state index in [4.69, 9.17) is 62.1 Å². The number of halogens is 1. The second kappa shape index (κ2) is 43.8. The second-order valence-electron chi connectivity index (χ2n) is 27.7. The molecule has 6 aliphatic heterocycles. The van der Waals surface area contributed by atoms with Crippen molar-refractivity contribution >= 4 is 93.5 Å². The van der Waals surface area contributed by atoms with Gasteiger partial charge in [0.2, 0.25) is 17.7 Å². The Morgan fingerprint density at radius 3 is 1.54 bits per heavy atom. The lowest BCUT2D eigenvalue weighted by atomic mass is 9.92. The maximum absolute atomic E-state index is 14.2. The fourth-order valence-corrected chi connectivity index (χ4v) is 13.0. The summed E-state index contributed by atoms with van der Waals surface area (Å²) in [6, 6.07) is 21.7. The molecule has 0 bridgehead atoms. The SMILES string of the molecule is COc1cc2c(cc1OCCCOc1cc3c(cc1C)C(=O)N1C=C(c4ccc(NC(=O)[C@H](C)CC(=O)[C@@H](NC(=O)CCOCCOCCOCCOCCOCCOCCOCCOCCNC(=O)CCN5C(=O)C=CC5=O)C(C)C)cc4)C[C@H]1C=N3)N=C[C@@H]1CC(c3ccc(N4CCN(C)CC4)cc3)=CN1C2=O.F. The third-order valence-corrected chi connectivity index (χ3v) is 19.3. The molecular formula is C81H105FN10O19.